The molecule has 3 aromatic heterocycles. The molecule has 4 aromatic rings. The van der Waals surface area contributed by atoms with E-state index in [0.717, 1.165) is 31.2 Å². The highest BCUT2D eigenvalue weighted by Crippen LogP contribution is 2.54. The zero-order chi connectivity index (χ0) is 25.3. The maximum atomic E-state index is 13.8. The second-order valence-corrected chi connectivity index (χ2v) is 9.98. The van der Waals surface area contributed by atoms with Gasteiger partial charge in [-0.15, -0.1) is 0 Å². The molecule has 7 rings (SSSR count). The van der Waals surface area contributed by atoms with E-state index in [1.807, 2.05) is 6.07 Å². The third-order valence-corrected chi connectivity index (χ3v) is 7.32. The van der Waals surface area contributed by atoms with Crippen LogP contribution < -0.4 is 16.4 Å². The highest BCUT2D eigenvalue weighted by Gasteiger charge is 2.63. The molecule has 0 radical (unpaired) electrons. The number of rotatable bonds is 6. The zero-order valence-corrected chi connectivity index (χ0v) is 19.7. The normalized spacial score (nSPS) is 20.6. The van der Waals surface area contributed by atoms with E-state index < -0.39 is 11.3 Å². The molecular formula is C26H23FN8O2. The summed E-state index contributed by atoms with van der Waals surface area (Å²) in [5, 5.41) is 5.80. The van der Waals surface area contributed by atoms with Crippen molar-refractivity contribution >= 4 is 29.1 Å². The second kappa shape index (κ2) is 7.79. The molecule has 1 atom stereocenters. The van der Waals surface area contributed by atoms with Gasteiger partial charge in [0.15, 0.2) is 16.9 Å². The van der Waals surface area contributed by atoms with E-state index >= 15 is 0 Å². The van der Waals surface area contributed by atoms with Crippen LogP contribution in [0.3, 0.4) is 0 Å². The Kier molecular flexibility index (Phi) is 4.60. The fourth-order valence-electron chi connectivity index (χ4n) is 5.29. The van der Waals surface area contributed by atoms with Crippen molar-refractivity contribution in [3.63, 3.8) is 0 Å². The zero-order valence-electron chi connectivity index (χ0n) is 19.7. The SMILES string of the molecule is Nc1nc(-c2cn3ccnc3c(Cc3cccc(F)c3)n2)nc2c1C(C(=O)NC1CC1)(C1CC1)C(=O)N2. The van der Waals surface area contributed by atoms with Crippen LogP contribution in [0.2, 0.25) is 0 Å². The number of hydrogen-bond acceptors (Lipinski definition) is 7. The maximum absolute atomic E-state index is 13.8. The molecule has 2 saturated carbocycles. The van der Waals surface area contributed by atoms with Crippen molar-refractivity contribution < 1.29 is 14.0 Å². The Morgan fingerprint density at radius 3 is 2.81 bits per heavy atom. The Balaban J connectivity index is 1.32. The summed E-state index contributed by atoms with van der Waals surface area (Å²) in [7, 11) is 0. The van der Waals surface area contributed by atoms with Crippen LogP contribution in [0.15, 0.2) is 42.9 Å². The molecule has 0 spiro atoms. The number of benzene rings is 1. The summed E-state index contributed by atoms with van der Waals surface area (Å²) in [5.74, 6) is -0.675. The summed E-state index contributed by atoms with van der Waals surface area (Å²) in [5.41, 5.74) is 7.78. The molecule has 1 unspecified atom stereocenters. The van der Waals surface area contributed by atoms with E-state index in [1.54, 1.807) is 29.1 Å². The van der Waals surface area contributed by atoms with Crippen LogP contribution in [0, 0.1) is 11.7 Å². The van der Waals surface area contributed by atoms with Crippen LogP contribution in [0.25, 0.3) is 17.2 Å². The van der Waals surface area contributed by atoms with Gasteiger partial charge >= 0.3 is 0 Å². The topological polar surface area (TPSA) is 140 Å². The molecule has 1 aliphatic heterocycles. The quantitative estimate of drug-likeness (QED) is 0.347. The van der Waals surface area contributed by atoms with Crippen molar-refractivity contribution in [1.29, 1.82) is 0 Å². The highest BCUT2D eigenvalue weighted by atomic mass is 19.1. The minimum absolute atomic E-state index is 0.0791. The van der Waals surface area contributed by atoms with Gasteiger partial charge in [0.25, 0.3) is 0 Å². The van der Waals surface area contributed by atoms with Crippen LogP contribution in [-0.2, 0) is 21.4 Å². The third kappa shape index (κ3) is 3.45. The smallest absolute Gasteiger partial charge is 0.246 e. The van der Waals surface area contributed by atoms with Gasteiger partial charge in [-0.05, 0) is 49.3 Å². The first kappa shape index (κ1) is 21.8. The summed E-state index contributed by atoms with van der Waals surface area (Å²) in [6, 6.07) is 6.41. The number of nitrogens with two attached hydrogens (primary N) is 1. The largest absolute Gasteiger partial charge is 0.383 e. The lowest BCUT2D eigenvalue weighted by molar-refractivity contribution is -0.135. The molecule has 0 bridgehead atoms. The molecule has 3 aliphatic rings. The van der Waals surface area contributed by atoms with E-state index in [1.165, 1.54) is 12.1 Å². The van der Waals surface area contributed by atoms with Crippen LogP contribution in [0.1, 0.15) is 42.5 Å². The van der Waals surface area contributed by atoms with Gasteiger partial charge in [0.2, 0.25) is 11.8 Å². The Hall–Kier alpha value is -4.41. The molecule has 4 heterocycles. The molecule has 2 aliphatic carbocycles. The van der Waals surface area contributed by atoms with Gasteiger partial charge in [-0.1, -0.05) is 12.1 Å². The number of anilines is 2. The van der Waals surface area contributed by atoms with E-state index in [0.29, 0.717) is 29.0 Å². The average molecular weight is 499 g/mol. The number of nitrogens with zero attached hydrogens (tertiary/aromatic N) is 5. The van der Waals surface area contributed by atoms with Crippen LogP contribution >= 0.6 is 0 Å². The predicted octanol–water partition coefficient (Wildman–Crippen LogP) is 2.38. The molecule has 4 N–H and O–H groups in total. The number of nitrogen functional groups attached to an aromatic ring is 1. The van der Waals surface area contributed by atoms with E-state index in [4.69, 9.17) is 10.7 Å². The predicted molar refractivity (Wildman–Crippen MR) is 132 cm³/mol. The monoisotopic (exact) mass is 498 g/mol. The lowest BCUT2D eigenvalue weighted by Crippen LogP contribution is -2.51. The number of carbonyl (C=O) groups excluding carboxylic acids is 2. The van der Waals surface area contributed by atoms with Gasteiger partial charge < -0.3 is 20.8 Å². The molecule has 37 heavy (non-hydrogen) atoms. The fourth-order valence-corrected chi connectivity index (χ4v) is 5.29. The summed E-state index contributed by atoms with van der Waals surface area (Å²) in [4.78, 5) is 45.0. The first-order valence-electron chi connectivity index (χ1n) is 12.3. The second-order valence-electron chi connectivity index (χ2n) is 9.98. The van der Waals surface area contributed by atoms with Crippen molar-refractivity contribution in [3.8, 4) is 11.5 Å². The minimum Gasteiger partial charge on any atom is -0.383 e. The van der Waals surface area contributed by atoms with E-state index in [9.17, 15) is 14.0 Å². The summed E-state index contributed by atoms with van der Waals surface area (Å²) in [6.07, 6.45) is 8.82. The number of carbonyl (C=O) groups is 2. The Labute approximate surface area is 210 Å². The lowest BCUT2D eigenvalue weighted by atomic mass is 9.76. The Bertz CT molecular complexity index is 1610. The number of fused-ring (bicyclic) bond motifs is 2. The minimum atomic E-state index is -1.41. The lowest BCUT2D eigenvalue weighted by Gasteiger charge is -2.26. The van der Waals surface area contributed by atoms with Crippen LogP contribution in [0.4, 0.5) is 16.0 Å². The number of amides is 2. The van der Waals surface area contributed by atoms with Gasteiger partial charge in [0.05, 0.1) is 11.3 Å². The molecule has 11 heteroatoms. The van der Waals surface area contributed by atoms with Gasteiger partial charge in [-0.2, -0.15) is 0 Å². The van der Waals surface area contributed by atoms with Gasteiger partial charge in [-0.3, -0.25) is 9.59 Å². The number of aromatic nitrogens is 5. The van der Waals surface area contributed by atoms with E-state index in [-0.39, 0.29) is 41.1 Å². The van der Waals surface area contributed by atoms with Crippen molar-refractivity contribution in [1.82, 2.24) is 29.7 Å². The van der Waals surface area contributed by atoms with Crippen LogP contribution in [0.5, 0.6) is 0 Å². The molecule has 186 valence electrons. The number of halogens is 1. The Morgan fingerprint density at radius 1 is 1.22 bits per heavy atom. The van der Waals surface area contributed by atoms with Gasteiger partial charge in [-0.25, -0.2) is 24.3 Å². The summed E-state index contributed by atoms with van der Waals surface area (Å²) >= 11 is 0. The van der Waals surface area contributed by atoms with Crippen molar-refractivity contribution in [2.45, 2.75) is 43.6 Å². The standard InChI is InChI=1S/C26H23FN8O2/c27-15-3-1-2-13(10-15)11-17-23-29-8-9-35(23)12-18(31-17)21-32-20(28)19-22(33-21)34-25(37)26(19,14-4-5-14)24(36)30-16-6-7-16/h1-3,8-10,12,14,16H,4-7,11H2,(H,30,36)(H3,28,32,33,34,37). The first-order chi connectivity index (χ1) is 17.9. The Morgan fingerprint density at radius 2 is 2.05 bits per heavy atom. The number of nitrogens with one attached hydrogen (secondary N) is 2. The number of imidazole rings is 1. The highest BCUT2D eigenvalue weighted by molar-refractivity contribution is 6.22. The van der Waals surface area contributed by atoms with Crippen molar-refractivity contribution in [3.05, 3.63) is 65.5 Å². The molecule has 10 nitrogen and oxygen atoms in total. The molecule has 0 saturated heterocycles. The van der Waals surface area contributed by atoms with Crippen molar-refractivity contribution in [2.24, 2.45) is 5.92 Å². The fraction of sp³-hybridized carbons (Fsp3) is 0.308. The molecule has 2 fully saturated rings. The molecule has 1 aromatic carbocycles. The van der Waals surface area contributed by atoms with Gasteiger partial charge in [0.1, 0.15) is 23.1 Å². The third-order valence-electron chi connectivity index (χ3n) is 7.32. The van der Waals surface area contributed by atoms with Crippen molar-refractivity contribution in [2.75, 3.05) is 11.1 Å². The number of hydrogen-bond donors (Lipinski definition) is 3. The van der Waals surface area contributed by atoms with E-state index in [2.05, 4.69) is 25.6 Å². The first-order valence-corrected chi connectivity index (χ1v) is 12.3. The summed E-state index contributed by atoms with van der Waals surface area (Å²) < 4.78 is 15.6. The molecular weight excluding hydrogens is 475 g/mol. The maximum Gasteiger partial charge on any atom is 0.246 e. The van der Waals surface area contributed by atoms with Crippen LogP contribution in [-0.4, -0.2) is 42.2 Å². The average Bonchev–Trinajstić information content (AvgIpc) is 3.79. The van der Waals surface area contributed by atoms with Gasteiger partial charge in [0, 0.05) is 31.1 Å². The molecule has 2 amide bonds. The summed E-state index contributed by atoms with van der Waals surface area (Å²) in [6.45, 7) is 0.